The van der Waals surface area contributed by atoms with E-state index in [4.69, 9.17) is 0 Å². The molecular weight excluding hydrogens is 254 g/mol. The van der Waals surface area contributed by atoms with Crippen molar-refractivity contribution in [1.82, 2.24) is 15.2 Å². The van der Waals surface area contributed by atoms with Crippen molar-refractivity contribution in [2.75, 3.05) is 17.2 Å². The van der Waals surface area contributed by atoms with Crippen LogP contribution in [0.4, 0.5) is 11.6 Å². The van der Waals surface area contributed by atoms with E-state index >= 15 is 0 Å². The van der Waals surface area contributed by atoms with Gasteiger partial charge in [-0.3, -0.25) is 10.1 Å². The third-order valence-electron chi connectivity index (χ3n) is 2.76. The van der Waals surface area contributed by atoms with Crippen LogP contribution >= 0.6 is 0 Å². The van der Waals surface area contributed by atoms with Gasteiger partial charge in [-0.25, -0.2) is 4.98 Å². The second-order valence-corrected chi connectivity index (χ2v) is 4.38. The summed E-state index contributed by atoms with van der Waals surface area (Å²) in [5.41, 5.74) is 2.51. The molecule has 0 fully saturated rings. The number of hydrogen-bond acceptors (Lipinski definition) is 5. The predicted molar refractivity (Wildman–Crippen MR) is 77.7 cm³/mol. The van der Waals surface area contributed by atoms with Crippen LogP contribution in [0.3, 0.4) is 0 Å². The summed E-state index contributed by atoms with van der Waals surface area (Å²) in [5.74, 6) is -0.0392. The van der Waals surface area contributed by atoms with E-state index in [0.29, 0.717) is 5.56 Å². The van der Waals surface area contributed by atoms with Crippen molar-refractivity contribution in [2.24, 2.45) is 0 Å². The number of carbonyl (C=O) groups excluding carboxylic acids is 1. The lowest BCUT2D eigenvalue weighted by Gasteiger charge is -2.09. The highest BCUT2D eigenvalue weighted by Gasteiger charge is 2.11. The van der Waals surface area contributed by atoms with Crippen LogP contribution in [-0.4, -0.2) is 27.6 Å². The molecule has 0 aliphatic rings. The zero-order chi connectivity index (χ0) is 14.4. The van der Waals surface area contributed by atoms with Gasteiger partial charge in [0.25, 0.3) is 5.91 Å². The van der Waals surface area contributed by atoms with Crippen LogP contribution in [0.25, 0.3) is 0 Å². The Morgan fingerprint density at radius 2 is 2.15 bits per heavy atom. The number of benzene rings is 1. The molecule has 2 N–H and O–H groups in total. The monoisotopic (exact) mass is 271 g/mol. The van der Waals surface area contributed by atoms with Gasteiger partial charge in [0, 0.05) is 17.8 Å². The minimum atomic E-state index is -0.238. The zero-order valence-electron chi connectivity index (χ0n) is 11.6. The summed E-state index contributed by atoms with van der Waals surface area (Å²) in [6.45, 7) is 4.92. The number of amides is 1. The summed E-state index contributed by atoms with van der Waals surface area (Å²) in [6, 6.07) is 5.63. The molecular formula is C14H17N5O. The molecule has 6 heteroatoms. The fraction of sp³-hybridized carbons (Fsp3) is 0.286. The van der Waals surface area contributed by atoms with E-state index in [1.54, 1.807) is 6.07 Å². The smallest absolute Gasteiger partial charge is 0.258 e. The summed E-state index contributed by atoms with van der Waals surface area (Å²) in [5, 5.41) is 13.3. The van der Waals surface area contributed by atoms with Crippen molar-refractivity contribution in [3.8, 4) is 0 Å². The maximum Gasteiger partial charge on any atom is 0.258 e. The first-order valence-electron chi connectivity index (χ1n) is 6.50. The standard InChI is InChI=1S/C14H17N5O/c1-3-6-15-11-4-5-12(10(2)9-11)13(20)18-14-16-7-8-17-19-14/h4-5,7-9,15H,3,6H2,1-2H3,(H,16,18,19,20). The van der Waals surface area contributed by atoms with Crippen molar-refractivity contribution < 1.29 is 4.79 Å². The van der Waals surface area contributed by atoms with Gasteiger partial charge in [0.05, 0.1) is 12.4 Å². The van der Waals surface area contributed by atoms with Gasteiger partial charge in [0.2, 0.25) is 5.95 Å². The highest BCUT2D eigenvalue weighted by Crippen LogP contribution is 2.16. The molecule has 6 nitrogen and oxygen atoms in total. The molecule has 0 unspecified atom stereocenters. The van der Waals surface area contributed by atoms with Gasteiger partial charge < -0.3 is 5.32 Å². The van der Waals surface area contributed by atoms with Gasteiger partial charge in [-0.05, 0) is 37.1 Å². The first kappa shape index (κ1) is 13.9. The SMILES string of the molecule is CCCNc1ccc(C(=O)Nc2nccnn2)c(C)c1. The molecule has 0 aliphatic carbocycles. The molecule has 104 valence electrons. The lowest BCUT2D eigenvalue weighted by atomic mass is 10.1. The maximum atomic E-state index is 12.1. The Kier molecular flexibility index (Phi) is 4.60. The van der Waals surface area contributed by atoms with Crippen LogP contribution in [-0.2, 0) is 0 Å². The number of hydrogen-bond donors (Lipinski definition) is 2. The van der Waals surface area contributed by atoms with E-state index in [1.807, 2.05) is 19.1 Å². The third kappa shape index (κ3) is 3.50. The molecule has 0 saturated heterocycles. The third-order valence-corrected chi connectivity index (χ3v) is 2.76. The van der Waals surface area contributed by atoms with E-state index < -0.39 is 0 Å². The van der Waals surface area contributed by atoms with Crippen molar-refractivity contribution >= 4 is 17.5 Å². The molecule has 0 aliphatic heterocycles. The Morgan fingerprint density at radius 3 is 2.80 bits per heavy atom. The molecule has 1 aromatic heterocycles. The fourth-order valence-electron chi connectivity index (χ4n) is 1.77. The molecule has 1 amide bonds. The Labute approximate surface area is 117 Å². The number of nitrogens with zero attached hydrogens (tertiary/aromatic N) is 3. The Balaban J connectivity index is 2.10. The Hall–Kier alpha value is -2.50. The minimum absolute atomic E-state index is 0.199. The zero-order valence-corrected chi connectivity index (χ0v) is 11.6. The van der Waals surface area contributed by atoms with Gasteiger partial charge in [-0.15, -0.1) is 5.10 Å². The number of nitrogens with one attached hydrogen (secondary N) is 2. The van der Waals surface area contributed by atoms with Crippen molar-refractivity contribution in [2.45, 2.75) is 20.3 Å². The van der Waals surface area contributed by atoms with Gasteiger partial charge in [0.15, 0.2) is 0 Å². The lowest BCUT2D eigenvalue weighted by Crippen LogP contribution is -2.15. The van der Waals surface area contributed by atoms with Crippen molar-refractivity contribution in [3.05, 3.63) is 41.7 Å². The number of carbonyl (C=O) groups is 1. The highest BCUT2D eigenvalue weighted by molar-refractivity contribution is 6.04. The van der Waals surface area contributed by atoms with E-state index in [-0.39, 0.29) is 11.9 Å². The van der Waals surface area contributed by atoms with Gasteiger partial charge in [-0.2, -0.15) is 5.10 Å². The number of rotatable bonds is 5. The molecule has 1 heterocycles. The first-order valence-corrected chi connectivity index (χ1v) is 6.50. The van der Waals surface area contributed by atoms with Crippen molar-refractivity contribution in [3.63, 3.8) is 0 Å². The number of aryl methyl sites for hydroxylation is 1. The second kappa shape index (κ2) is 6.60. The van der Waals surface area contributed by atoms with Gasteiger partial charge >= 0.3 is 0 Å². The van der Waals surface area contributed by atoms with Crippen molar-refractivity contribution in [1.29, 1.82) is 0 Å². The van der Waals surface area contributed by atoms with E-state index in [0.717, 1.165) is 24.2 Å². The largest absolute Gasteiger partial charge is 0.385 e. The van der Waals surface area contributed by atoms with Crippen LogP contribution in [0.15, 0.2) is 30.6 Å². The van der Waals surface area contributed by atoms with Gasteiger partial charge in [0.1, 0.15) is 0 Å². The Bertz CT molecular complexity index is 585. The summed E-state index contributed by atoms with van der Waals surface area (Å²) < 4.78 is 0. The number of aromatic nitrogens is 3. The summed E-state index contributed by atoms with van der Waals surface area (Å²) in [7, 11) is 0. The molecule has 0 bridgehead atoms. The molecule has 0 saturated carbocycles. The molecule has 2 aromatic rings. The van der Waals surface area contributed by atoms with Crippen LogP contribution in [0.1, 0.15) is 29.3 Å². The van der Waals surface area contributed by atoms with Crippen LogP contribution in [0.2, 0.25) is 0 Å². The molecule has 1 aromatic carbocycles. The van der Waals surface area contributed by atoms with E-state index in [9.17, 15) is 4.79 Å². The average Bonchev–Trinajstić information content (AvgIpc) is 2.46. The summed E-state index contributed by atoms with van der Waals surface area (Å²) in [4.78, 5) is 16.0. The highest BCUT2D eigenvalue weighted by atomic mass is 16.1. The second-order valence-electron chi connectivity index (χ2n) is 4.38. The molecule has 0 radical (unpaired) electrons. The van der Waals surface area contributed by atoms with E-state index in [2.05, 4.69) is 32.7 Å². The molecule has 2 rings (SSSR count). The van der Waals surface area contributed by atoms with Gasteiger partial charge in [-0.1, -0.05) is 6.92 Å². The summed E-state index contributed by atoms with van der Waals surface area (Å²) >= 11 is 0. The molecule has 20 heavy (non-hydrogen) atoms. The summed E-state index contributed by atoms with van der Waals surface area (Å²) in [6.07, 6.45) is 3.99. The number of anilines is 2. The average molecular weight is 271 g/mol. The maximum absolute atomic E-state index is 12.1. The van der Waals surface area contributed by atoms with Crippen LogP contribution in [0, 0.1) is 6.92 Å². The quantitative estimate of drug-likeness (QED) is 0.872. The van der Waals surface area contributed by atoms with Crippen LogP contribution in [0.5, 0.6) is 0 Å². The topological polar surface area (TPSA) is 79.8 Å². The predicted octanol–water partition coefficient (Wildman–Crippen LogP) is 2.25. The van der Waals surface area contributed by atoms with E-state index in [1.165, 1.54) is 12.4 Å². The normalized spacial score (nSPS) is 10.1. The molecule has 0 spiro atoms. The first-order chi connectivity index (χ1) is 9.70. The fourth-order valence-corrected chi connectivity index (χ4v) is 1.77. The lowest BCUT2D eigenvalue weighted by molar-refractivity contribution is 0.102. The molecule has 0 atom stereocenters. The van der Waals surface area contributed by atoms with Crippen LogP contribution < -0.4 is 10.6 Å². The minimum Gasteiger partial charge on any atom is -0.385 e. The Morgan fingerprint density at radius 1 is 1.30 bits per heavy atom.